The lowest BCUT2D eigenvalue weighted by Gasteiger charge is -2.10. The van der Waals surface area contributed by atoms with E-state index in [1.807, 2.05) is 0 Å². The molecule has 2 amide bonds. The van der Waals surface area contributed by atoms with Crippen LogP contribution in [0.5, 0.6) is 0 Å². The van der Waals surface area contributed by atoms with Crippen LogP contribution >= 0.6 is 11.8 Å². The second kappa shape index (κ2) is 9.23. The minimum atomic E-state index is -0.723. The maximum absolute atomic E-state index is 12.3. The first kappa shape index (κ1) is 21.2. The first-order valence-electron chi connectivity index (χ1n) is 8.38. The number of anilines is 1. The van der Waals surface area contributed by atoms with E-state index in [-0.39, 0.29) is 17.2 Å². The molecule has 0 saturated heterocycles. The summed E-state index contributed by atoms with van der Waals surface area (Å²) >= 11 is 1.19. The van der Waals surface area contributed by atoms with Crippen molar-refractivity contribution in [2.75, 3.05) is 17.7 Å². The second-order valence-electron chi connectivity index (χ2n) is 6.06. The average molecular weight is 403 g/mol. The van der Waals surface area contributed by atoms with E-state index in [1.165, 1.54) is 18.7 Å². The van der Waals surface area contributed by atoms with Crippen molar-refractivity contribution in [3.8, 4) is 0 Å². The van der Waals surface area contributed by atoms with Crippen molar-refractivity contribution in [3.63, 3.8) is 0 Å². The van der Waals surface area contributed by atoms with E-state index in [9.17, 15) is 19.2 Å². The summed E-state index contributed by atoms with van der Waals surface area (Å²) in [5.74, 6) is -1.81. The number of aromatic amines is 1. The maximum Gasteiger partial charge on any atom is 0.355 e. The molecule has 1 aromatic carbocycles. The molecule has 2 aromatic rings. The van der Waals surface area contributed by atoms with Crippen LogP contribution in [0.3, 0.4) is 0 Å². The highest BCUT2D eigenvalue weighted by atomic mass is 32.2. The van der Waals surface area contributed by atoms with Crippen LogP contribution in [-0.2, 0) is 14.3 Å². The lowest BCUT2D eigenvalue weighted by Crippen LogP contribution is -2.22. The van der Waals surface area contributed by atoms with Gasteiger partial charge in [-0.3, -0.25) is 14.4 Å². The van der Waals surface area contributed by atoms with E-state index >= 15 is 0 Å². The first-order valence-corrected chi connectivity index (χ1v) is 9.36. The molecule has 28 heavy (non-hydrogen) atoms. The van der Waals surface area contributed by atoms with Gasteiger partial charge in [0, 0.05) is 16.2 Å². The number of ether oxygens (including phenoxy) is 1. The van der Waals surface area contributed by atoms with E-state index in [1.54, 1.807) is 38.1 Å². The molecule has 8 nitrogen and oxygen atoms in total. The number of aromatic nitrogens is 1. The molecular weight excluding hydrogens is 382 g/mol. The molecule has 0 spiro atoms. The Balaban J connectivity index is 2.00. The third-order valence-electron chi connectivity index (χ3n) is 3.86. The Morgan fingerprint density at radius 3 is 2.46 bits per heavy atom. The van der Waals surface area contributed by atoms with Gasteiger partial charge in [0.25, 0.3) is 5.91 Å². The number of ketones is 1. The van der Waals surface area contributed by atoms with Crippen molar-refractivity contribution in [1.29, 1.82) is 0 Å². The molecule has 1 aromatic heterocycles. The fraction of sp³-hybridized carbons (Fsp3) is 0.263. The zero-order valence-corrected chi connectivity index (χ0v) is 16.6. The fourth-order valence-corrected chi connectivity index (χ4v) is 3.46. The number of aryl methyl sites for hydroxylation is 1. The SMILES string of the molecule is CC(=O)c1c(C)[nH]c(C(=O)OCC(=O)Nc2ccccc2SCC(N)=O)c1C. The fourth-order valence-electron chi connectivity index (χ4n) is 2.72. The Hall–Kier alpha value is -3.07. The molecule has 148 valence electrons. The molecule has 0 bridgehead atoms. The molecule has 0 fully saturated rings. The van der Waals surface area contributed by atoms with Gasteiger partial charge >= 0.3 is 5.97 Å². The number of carbonyl (C=O) groups excluding carboxylic acids is 4. The number of primary amides is 1. The predicted octanol–water partition coefficient (Wildman–Crippen LogP) is 2.21. The van der Waals surface area contributed by atoms with Crippen molar-refractivity contribution in [2.45, 2.75) is 25.7 Å². The summed E-state index contributed by atoms with van der Waals surface area (Å²) in [5, 5.41) is 2.64. The number of nitrogens with two attached hydrogens (primary N) is 1. The Morgan fingerprint density at radius 1 is 1.18 bits per heavy atom. The van der Waals surface area contributed by atoms with Gasteiger partial charge in [-0.05, 0) is 38.5 Å². The summed E-state index contributed by atoms with van der Waals surface area (Å²) < 4.78 is 5.05. The summed E-state index contributed by atoms with van der Waals surface area (Å²) in [4.78, 5) is 50.5. The number of thioether (sulfide) groups is 1. The number of amides is 2. The Morgan fingerprint density at radius 2 is 1.86 bits per heavy atom. The van der Waals surface area contributed by atoms with Gasteiger partial charge < -0.3 is 20.8 Å². The van der Waals surface area contributed by atoms with Crippen LogP contribution in [0.25, 0.3) is 0 Å². The highest BCUT2D eigenvalue weighted by molar-refractivity contribution is 8.00. The van der Waals surface area contributed by atoms with Crippen LogP contribution in [0, 0.1) is 13.8 Å². The third-order valence-corrected chi connectivity index (χ3v) is 4.95. The number of Topliss-reactive ketones (excluding diaryl/α,β-unsaturated/α-hetero) is 1. The molecule has 1 heterocycles. The van der Waals surface area contributed by atoms with E-state index in [0.717, 1.165) is 0 Å². The molecule has 0 aliphatic rings. The van der Waals surface area contributed by atoms with Gasteiger partial charge in [0.2, 0.25) is 5.91 Å². The number of para-hydroxylation sites is 1. The quantitative estimate of drug-likeness (QED) is 0.352. The number of hydrogen-bond donors (Lipinski definition) is 3. The Kier molecular flexibility index (Phi) is 7.00. The molecule has 0 aliphatic heterocycles. The minimum absolute atomic E-state index is 0.0752. The Labute approximate surface area is 166 Å². The molecule has 0 aliphatic carbocycles. The Bertz CT molecular complexity index is 936. The highest BCUT2D eigenvalue weighted by Crippen LogP contribution is 2.26. The zero-order valence-electron chi connectivity index (χ0n) is 15.8. The van der Waals surface area contributed by atoms with Crippen LogP contribution < -0.4 is 11.1 Å². The molecule has 0 unspecified atom stereocenters. The average Bonchev–Trinajstić information content (AvgIpc) is 2.93. The summed E-state index contributed by atoms with van der Waals surface area (Å²) in [6, 6.07) is 6.90. The number of H-pyrrole nitrogens is 1. The number of nitrogens with one attached hydrogen (secondary N) is 2. The van der Waals surface area contributed by atoms with Gasteiger partial charge in [-0.1, -0.05) is 12.1 Å². The predicted molar refractivity (Wildman–Crippen MR) is 106 cm³/mol. The molecule has 0 atom stereocenters. The summed E-state index contributed by atoms with van der Waals surface area (Å²) in [6.07, 6.45) is 0. The van der Waals surface area contributed by atoms with Crippen molar-refractivity contribution in [1.82, 2.24) is 4.98 Å². The number of hydrogen-bond acceptors (Lipinski definition) is 6. The van der Waals surface area contributed by atoms with Crippen LogP contribution in [-0.4, -0.2) is 40.9 Å². The third kappa shape index (κ3) is 5.23. The number of esters is 1. The standard InChI is InChI=1S/C19H21N3O5S/c1-10-17(12(3)23)11(2)21-18(10)19(26)27-8-16(25)22-13-6-4-5-7-14(13)28-9-15(20)24/h4-7,21H,8-9H2,1-3H3,(H2,20,24)(H,22,25). The lowest BCUT2D eigenvalue weighted by molar-refractivity contribution is -0.119. The summed E-state index contributed by atoms with van der Waals surface area (Å²) in [6.45, 7) is 4.25. The van der Waals surface area contributed by atoms with Gasteiger partial charge in [-0.2, -0.15) is 0 Å². The largest absolute Gasteiger partial charge is 0.451 e. The van der Waals surface area contributed by atoms with E-state index in [2.05, 4.69) is 10.3 Å². The maximum atomic E-state index is 12.3. The summed E-state index contributed by atoms with van der Waals surface area (Å²) in [7, 11) is 0. The van der Waals surface area contributed by atoms with Gasteiger partial charge in [-0.15, -0.1) is 11.8 Å². The van der Waals surface area contributed by atoms with Crippen LogP contribution in [0.1, 0.15) is 39.0 Å². The molecule has 4 N–H and O–H groups in total. The van der Waals surface area contributed by atoms with Crippen molar-refractivity contribution in [3.05, 3.63) is 46.8 Å². The van der Waals surface area contributed by atoms with E-state index < -0.39 is 24.4 Å². The van der Waals surface area contributed by atoms with Crippen molar-refractivity contribution in [2.24, 2.45) is 5.73 Å². The molecule has 0 radical (unpaired) electrons. The minimum Gasteiger partial charge on any atom is -0.451 e. The van der Waals surface area contributed by atoms with Crippen molar-refractivity contribution >= 4 is 41.0 Å². The first-order chi connectivity index (χ1) is 13.2. The second-order valence-corrected chi connectivity index (χ2v) is 7.07. The van der Waals surface area contributed by atoms with Crippen LogP contribution in [0.2, 0.25) is 0 Å². The normalized spacial score (nSPS) is 10.4. The lowest BCUT2D eigenvalue weighted by atomic mass is 10.1. The van der Waals surface area contributed by atoms with Gasteiger partial charge in [0.05, 0.1) is 11.4 Å². The highest BCUT2D eigenvalue weighted by Gasteiger charge is 2.21. The van der Waals surface area contributed by atoms with Gasteiger partial charge in [-0.25, -0.2) is 4.79 Å². The summed E-state index contributed by atoms with van der Waals surface area (Å²) in [5.41, 5.74) is 7.28. The number of rotatable bonds is 8. The monoisotopic (exact) mass is 403 g/mol. The molecule has 9 heteroatoms. The van der Waals surface area contributed by atoms with E-state index in [4.69, 9.17) is 10.5 Å². The van der Waals surface area contributed by atoms with E-state index in [0.29, 0.717) is 27.4 Å². The zero-order chi connectivity index (χ0) is 20.8. The molecule has 0 saturated carbocycles. The molecular formula is C19H21N3O5S. The molecule has 2 rings (SSSR count). The number of benzene rings is 1. The van der Waals surface area contributed by atoms with Gasteiger partial charge in [0.15, 0.2) is 12.4 Å². The smallest absolute Gasteiger partial charge is 0.355 e. The number of carbonyl (C=O) groups is 4. The van der Waals surface area contributed by atoms with Crippen molar-refractivity contribution < 1.29 is 23.9 Å². The van der Waals surface area contributed by atoms with Crippen LogP contribution in [0.4, 0.5) is 5.69 Å². The van der Waals surface area contributed by atoms with Gasteiger partial charge in [0.1, 0.15) is 5.69 Å². The topological polar surface area (TPSA) is 131 Å². The van der Waals surface area contributed by atoms with Crippen LogP contribution in [0.15, 0.2) is 29.2 Å².